The van der Waals surface area contributed by atoms with Crippen LogP contribution in [0.4, 0.5) is 5.69 Å². The van der Waals surface area contributed by atoms with E-state index >= 15 is 0 Å². The van der Waals surface area contributed by atoms with Crippen LogP contribution < -0.4 is 20.5 Å². The maximum absolute atomic E-state index is 13.2. The van der Waals surface area contributed by atoms with E-state index in [-0.39, 0.29) is 11.7 Å². The number of hydrogen-bond donors (Lipinski definition) is 1. The second-order valence-corrected chi connectivity index (χ2v) is 6.90. The molecule has 1 aromatic carbocycles. The van der Waals surface area contributed by atoms with Crippen LogP contribution in [-0.4, -0.2) is 29.0 Å². The zero-order valence-corrected chi connectivity index (χ0v) is 15.0. The van der Waals surface area contributed by atoms with Crippen molar-refractivity contribution in [2.45, 2.75) is 38.7 Å². The SMILES string of the molecule is Cc1cccc(-n2ncc(N3C=CNCC3)c(OC3CCCC3)c2=O)c1. The smallest absolute Gasteiger partial charge is 0.316 e. The highest BCUT2D eigenvalue weighted by Gasteiger charge is 2.24. The van der Waals surface area contributed by atoms with E-state index in [1.807, 2.05) is 48.5 Å². The topological polar surface area (TPSA) is 59.4 Å². The Morgan fingerprint density at radius 2 is 2.12 bits per heavy atom. The lowest BCUT2D eigenvalue weighted by molar-refractivity contribution is 0.206. The van der Waals surface area contributed by atoms with Gasteiger partial charge in [-0.15, -0.1) is 0 Å². The Hall–Kier alpha value is -2.76. The lowest BCUT2D eigenvalue weighted by atomic mass is 10.2. The summed E-state index contributed by atoms with van der Waals surface area (Å²) >= 11 is 0. The molecule has 0 unspecified atom stereocenters. The summed E-state index contributed by atoms with van der Waals surface area (Å²) in [6.07, 6.45) is 9.99. The van der Waals surface area contributed by atoms with Gasteiger partial charge in [0.1, 0.15) is 5.69 Å². The Kier molecular flexibility index (Phi) is 4.65. The van der Waals surface area contributed by atoms with E-state index in [1.54, 1.807) is 6.20 Å². The fraction of sp³-hybridized carbons (Fsp3) is 0.400. The first-order valence-electron chi connectivity index (χ1n) is 9.25. The van der Waals surface area contributed by atoms with Gasteiger partial charge in [0, 0.05) is 25.5 Å². The molecule has 2 aliphatic rings. The lowest BCUT2D eigenvalue weighted by Crippen LogP contribution is -2.34. The monoisotopic (exact) mass is 352 g/mol. The third kappa shape index (κ3) is 3.31. The molecule has 1 aliphatic carbocycles. The van der Waals surface area contributed by atoms with E-state index in [0.717, 1.165) is 55.7 Å². The first kappa shape index (κ1) is 16.7. The molecule has 0 bridgehead atoms. The summed E-state index contributed by atoms with van der Waals surface area (Å²) in [7, 11) is 0. The summed E-state index contributed by atoms with van der Waals surface area (Å²) in [5.41, 5.74) is 2.38. The number of benzene rings is 1. The van der Waals surface area contributed by atoms with Crippen LogP contribution in [0.25, 0.3) is 5.69 Å². The summed E-state index contributed by atoms with van der Waals surface area (Å²) in [5, 5.41) is 7.60. The molecule has 0 radical (unpaired) electrons. The van der Waals surface area contributed by atoms with Gasteiger partial charge in [-0.1, -0.05) is 12.1 Å². The Morgan fingerprint density at radius 3 is 2.85 bits per heavy atom. The Labute approximate surface area is 153 Å². The van der Waals surface area contributed by atoms with Gasteiger partial charge in [-0.05, 0) is 50.3 Å². The molecule has 2 aromatic rings. The van der Waals surface area contributed by atoms with Crippen LogP contribution in [0.1, 0.15) is 31.2 Å². The standard InChI is InChI=1S/C20H24N4O2/c1-15-5-4-6-16(13-15)24-20(25)19(26-17-7-2-3-8-17)18(14-22-24)23-11-9-21-10-12-23/h4-6,9,11,13-14,17,21H,2-3,7-8,10,12H2,1H3. The zero-order valence-electron chi connectivity index (χ0n) is 15.0. The van der Waals surface area contributed by atoms with E-state index in [1.165, 1.54) is 4.68 Å². The highest BCUT2D eigenvalue weighted by atomic mass is 16.5. The highest BCUT2D eigenvalue weighted by Crippen LogP contribution is 2.30. The van der Waals surface area contributed by atoms with Crippen molar-refractivity contribution in [3.05, 3.63) is 58.8 Å². The molecule has 6 heteroatoms. The summed E-state index contributed by atoms with van der Waals surface area (Å²) < 4.78 is 7.65. The molecule has 1 N–H and O–H groups in total. The average Bonchev–Trinajstić information content (AvgIpc) is 3.17. The van der Waals surface area contributed by atoms with Gasteiger partial charge in [0.05, 0.1) is 18.0 Å². The Bertz CT molecular complexity index is 868. The third-order valence-electron chi connectivity index (χ3n) is 4.93. The number of hydrogen-bond acceptors (Lipinski definition) is 5. The first-order valence-corrected chi connectivity index (χ1v) is 9.25. The van der Waals surface area contributed by atoms with Crippen LogP contribution in [-0.2, 0) is 0 Å². The molecule has 1 aliphatic heterocycles. The highest BCUT2D eigenvalue weighted by molar-refractivity contribution is 5.59. The predicted octanol–water partition coefficient (Wildman–Crippen LogP) is 2.74. The summed E-state index contributed by atoms with van der Waals surface area (Å²) in [5.74, 6) is 0.403. The van der Waals surface area contributed by atoms with Crippen LogP contribution in [0.15, 0.2) is 47.7 Å². The molecule has 136 valence electrons. The molecule has 1 aromatic heterocycles. The quantitative estimate of drug-likeness (QED) is 0.917. The number of rotatable bonds is 4. The maximum atomic E-state index is 13.2. The van der Waals surface area contributed by atoms with Crippen molar-refractivity contribution in [2.24, 2.45) is 0 Å². The molecule has 6 nitrogen and oxygen atoms in total. The van der Waals surface area contributed by atoms with Crippen molar-refractivity contribution in [1.29, 1.82) is 0 Å². The second-order valence-electron chi connectivity index (χ2n) is 6.90. The van der Waals surface area contributed by atoms with Crippen molar-refractivity contribution in [2.75, 3.05) is 18.0 Å². The van der Waals surface area contributed by atoms with E-state index in [9.17, 15) is 4.79 Å². The van der Waals surface area contributed by atoms with Gasteiger partial charge in [-0.3, -0.25) is 4.79 Å². The van der Waals surface area contributed by atoms with Crippen molar-refractivity contribution >= 4 is 5.69 Å². The van der Waals surface area contributed by atoms with Crippen molar-refractivity contribution in [3.63, 3.8) is 0 Å². The maximum Gasteiger partial charge on any atom is 0.316 e. The van der Waals surface area contributed by atoms with Crippen LogP contribution in [0.2, 0.25) is 0 Å². The van der Waals surface area contributed by atoms with Crippen LogP contribution in [0, 0.1) is 6.92 Å². The van der Waals surface area contributed by atoms with Crippen LogP contribution >= 0.6 is 0 Å². The molecule has 0 atom stereocenters. The van der Waals surface area contributed by atoms with Crippen LogP contribution in [0.3, 0.4) is 0 Å². The van der Waals surface area contributed by atoms with Crippen molar-refractivity contribution in [1.82, 2.24) is 15.1 Å². The minimum absolute atomic E-state index is 0.113. The summed E-state index contributed by atoms with van der Waals surface area (Å²) in [4.78, 5) is 15.3. The molecule has 0 amide bonds. The fourth-order valence-electron chi connectivity index (χ4n) is 3.55. The van der Waals surface area contributed by atoms with Gasteiger partial charge in [0.2, 0.25) is 5.75 Å². The largest absolute Gasteiger partial charge is 0.483 e. The summed E-state index contributed by atoms with van der Waals surface area (Å²) in [6.45, 7) is 3.60. The second kappa shape index (κ2) is 7.23. The van der Waals surface area contributed by atoms with Crippen LogP contribution in [0.5, 0.6) is 5.75 Å². The summed E-state index contributed by atoms with van der Waals surface area (Å²) in [6, 6.07) is 7.79. The van der Waals surface area contributed by atoms with E-state index in [2.05, 4.69) is 10.4 Å². The van der Waals surface area contributed by atoms with Crippen molar-refractivity contribution in [3.8, 4) is 11.4 Å². The van der Waals surface area contributed by atoms with E-state index < -0.39 is 0 Å². The number of aromatic nitrogens is 2. The molecule has 2 heterocycles. The Morgan fingerprint density at radius 1 is 1.27 bits per heavy atom. The zero-order chi connectivity index (χ0) is 17.9. The minimum Gasteiger partial charge on any atom is -0.483 e. The normalized spacial score (nSPS) is 17.3. The molecule has 26 heavy (non-hydrogen) atoms. The van der Waals surface area contributed by atoms with E-state index in [0.29, 0.717) is 5.75 Å². The molecule has 1 saturated carbocycles. The predicted molar refractivity (Wildman–Crippen MR) is 102 cm³/mol. The Balaban J connectivity index is 1.79. The van der Waals surface area contributed by atoms with Gasteiger partial charge in [-0.2, -0.15) is 9.78 Å². The van der Waals surface area contributed by atoms with Gasteiger partial charge in [0.15, 0.2) is 0 Å². The fourth-order valence-corrected chi connectivity index (χ4v) is 3.55. The average molecular weight is 352 g/mol. The molecule has 4 rings (SSSR count). The molecular weight excluding hydrogens is 328 g/mol. The first-order chi connectivity index (χ1) is 12.7. The number of ether oxygens (including phenoxy) is 1. The third-order valence-corrected chi connectivity index (χ3v) is 4.93. The molecule has 0 saturated heterocycles. The number of nitrogens with one attached hydrogen (secondary N) is 1. The number of anilines is 1. The number of aryl methyl sites for hydroxylation is 1. The van der Waals surface area contributed by atoms with Gasteiger partial charge < -0.3 is 15.0 Å². The van der Waals surface area contributed by atoms with Crippen molar-refractivity contribution < 1.29 is 4.74 Å². The minimum atomic E-state index is -0.202. The molecular formula is C20H24N4O2. The van der Waals surface area contributed by atoms with Gasteiger partial charge in [0.25, 0.3) is 0 Å². The lowest BCUT2D eigenvalue weighted by Gasteiger charge is -2.26. The molecule has 1 fully saturated rings. The van der Waals surface area contributed by atoms with E-state index in [4.69, 9.17) is 4.74 Å². The molecule has 0 spiro atoms. The number of nitrogens with zero attached hydrogens (tertiary/aromatic N) is 3. The van der Waals surface area contributed by atoms with Gasteiger partial charge in [-0.25, -0.2) is 0 Å². The van der Waals surface area contributed by atoms with Gasteiger partial charge >= 0.3 is 5.56 Å².